The van der Waals surface area contributed by atoms with Crippen LogP contribution in [0.25, 0.3) is 5.57 Å². The zero-order valence-electron chi connectivity index (χ0n) is 10.2. The minimum atomic E-state index is -0.240. The second-order valence-corrected chi connectivity index (χ2v) is 4.51. The highest BCUT2D eigenvalue weighted by Crippen LogP contribution is 2.28. The summed E-state index contributed by atoms with van der Waals surface area (Å²) in [5.74, 6) is -0.240. The van der Waals surface area contributed by atoms with Gasteiger partial charge < -0.3 is 0 Å². The SMILES string of the molecule is C/C=C(/c1ccc(F)cc1)c1ncsc1[NH2+]OC. The van der Waals surface area contributed by atoms with Crippen LogP contribution in [0.5, 0.6) is 0 Å². The molecule has 0 aliphatic carbocycles. The summed E-state index contributed by atoms with van der Waals surface area (Å²) in [5.41, 5.74) is 6.21. The molecule has 1 heterocycles. The molecule has 2 N–H and O–H groups in total. The highest BCUT2D eigenvalue weighted by molar-refractivity contribution is 7.13. The lowest BCUT2D eigenvalue weighted by atomic mass is 10.0. The number of rotatable bonds is 4. The van der Waals surface area contributed by atoms with Gasteiger partial charge in [0.1, 0.15) is 11.5 Å². The van der Waals surface area contributed by atoms with Gasteiger partial charge in [-0.05, 0) is 24.6 Å². The lowest BCUT2D eigenvalue weighted by molar-refractivity contribution is -0.827. The zero-order chi connectivity index (χ0) is 13.0. The van der Waals surface area contributed by atoms with E-state index in [9.17, 15) is 4.39 Å². The third-order valence-electron chi connectivity index (χ3n) is 2.52. The minimum Gasteiger partial charge on any atom is -0.238 e. The van der Waals surface area contributed by atoms with Crippen molar-refractivity contribution in [3.8, 4) is 0 Å². The molecule has 3 nitrogen and oxygen atoms in total. The number of hydrogen-bond donors (Lipinski definition) is 1. The van der Waals surface area contributed by atoms with Gasteiger partial charge in [0.2, 0.25) is 5.00 Å². The molecule has 1 aromatic carbocycles. The van der Waals surface area contributed by atoms with Crippen molar-refractivity contribution in [1.82, 2.24) is 4.98 Å². The summed E-state index contributed by atoms with van der Waals surface area (Å²) in [6.45, 7) is 1.94. The van der Waals surface area contributed by atoms with E-state index in [0.29, 0.717) is 0 Å². The lowest BCUT2D eigenvalue weighted by Gasteiger charge is -2.05. The Labute approximate surface area is 109 Å². The van der Waals surface area contributed by atoms with Crippen LogP contribution >= 0.6 is 11.3 Å². The number of benzene rings is 1. The third-order valence-corrected chi connectivity index (χ3v) is 3.27. The van der Waals surface area contributed by atoms with Crippen molar-refractivity contribution in [1.29, 1.82) is 0 Å². The topological polar surface area (TPSA) is 38.7 Å². The molecule has 0 saturated carbocycles. The first-order valence-electron chi connectivity index (χ1n) is 5.48. The third kappa shape index (κ3) is 2.64. The normalized spacial score (nSPS) is 11.8. The van der Waals surface area contributed by atoms with E-state index < -0.39 is 0 Å². The number of quaternary nitrogens is 1. The second kappa shape index (κ2) is 5.86. The van der Waals surface area contributed by atoms with Gasteiger partial charge in [0, 0.05) is 5.57 Å². The Balaban J connectivity index is 2.40. The second-order valence-electron chi connectivity index (χ2n) is 3.63. The van der Waals surface area contributed by atoms with Gasteiger partial charge >= 0.3 is 0 Å². The van der Waals surface area contributed by atoms with Crippen molar-refractivity contribution in [3.05, 3.63) is 52.9 Å². The quantitative estimate of drug-likeness (QED) is 0.863. The van der Waals surface area contributed by atoms with E-state index in [1.807, 2.05) is 13.0 Å². The van der Waals surface area contributed by atoms with Gasteiger partial charge in [-0.15, -0.1) is 0 Å². The van der Waals surface area contributed by atoms with Gasteiger partial charge in [0.25, 0.3) is 0 Å². The molecule has 0 aliphatic heterocycles. The van der Waals surface area contributed by atoms with Crippen molar-refractivity contribution < 1.29 is 14.7 Å². The summed E-state index contributed by atoms with van der Waals surface area (Å²) in [7, 11) is 1.61. The molecule has 5 heteroatoms. The van der Waals surface area contributed by atoms with E-state index >= 15 is 0 Å². The first-order valence-corrected chi connectivity index (χ1v) is 6.36. The molecule has 0 bridgehead atoms. The fraction of sp³-hybridized carbons (Fsp3) is 0.154. The standard InChI is InChI=1S/C13H13FN2OS/c1-3-11(9-4-6-10(14)7-5-9)12-13(16-17-2)18-8-15-12/h3-8,16H,1-2H3/p+1/b11-3-. The maximum atomic E-state index is 12.9. The largest absolute Gasteiger partial charge is 0.245 e. The summed E-state index contributed by atoms with van der Waals surface area (Å²) in [6, 6.07) is 6.40. The van der Waals surface area contributed by atoms with Gasteiger partial charge in [-0.25, -0.2) is 14.2 Å². The molecule has 0 radical (unpaired) electrons. The highest BCUT2D eigenvalue weighted by atomic mass is 32.1. The monoisotopic (exact) mass is 265 g/mol. The zero-order valence-corrected chi connectivity index (χ0v) is 11.0. The molecule has 18 heavy (non-hydrogen) atoms. The van der Waals surface area contributed by atoms with Gasteiger partial charge in [-0.3, -0.25) is 0 Å². The number of halogens is 1. The Hall–Kier alpha value is -1.56. The van der Waals surface area contributed by atoms with Crippen molar-refractivity contribution >= 4 is 21.9 Å². The Kier molecular flexibility index (Phi) is 4.19. The highest BCUT2D eigenvalue weighted by Gasteiger charge is 2.16. The molecule has 0 unspecified atom stereocenters. The van der Waals surface area contributed by atoms with Crippen LogP contribution in [0, 0.1) is 5.82 Å². The van der Waals surface area contributed by atoms with Crippen LogP contribution in [0.1, 0.15) is 18.2 Å². The molecule has 1 aromatic heterocycles. The van der Waals surface area contributed by atoms with Crippen LogP contribution in [0.15, 0.2) is 35.9 Å². The van der Waals surface area contributed by atoms with Gasteiger partial charge in [-0.1, -0.05) is 29.5 Å². The van der Waals surface area contributed by atoms with E-state index in [1.54, 1.807) is 30.2 Å². The Morgan fingerprint density at radius 1 is 1.39 bits per heavy atom. The van der Waals surface area contributed by atoms with Crippen molar-refractivity contribution in [2.75, 3.05) is 7.11 Å². The van der Waals surface area contributed by atoms with E-state index in [4.69, 9.17) is 4.84 Å². The number of thiazole rings is 1. The molecule has 94 valence electrons. The Morgan fingerprint density at radius 3 is 2.72 bits per heavy atom. The molecule has 0 saturated heterocycles. The number of allylic oxidation sites excluding steroid dienone is 1. The molecule has 0 aliphatic rings. The van der Waals surface area contributed by atoms with Crippen LogP contribution in [-0.2, 0) is 4.84 Å². The van der Waals surface area contributed by atoms with Crippen LogP contribution in [-0.4, -0.2) is 12.1 Å². The van der Waals surface area contributed by atoms with E-state index in [1.165, 1.54) is 23.5 Å². The molecular formula is C13H14FN2OS+. The maximum Gasteiger partial charge on any atom is 0.245 e. The maximum absolute atomic E-state index is 12.9. The lowest BCUT2D eigenvalue weighted by Crippen LogP contribution is -2.75. The number of nitrogens with two attached hydrogens (primary N) is 1. The predicted molar refractivity (Wildman–Crippen MR) is 69.9 cm³/mol. The summed E-state index contributed by atoms with van der Waals surface area (Å²) in [6.07, 6.45) is 1.97. The number of aromatic nitrogens is 1. The molecule has 0 fully saturated rings. The summed E-state index contributed by atoms with van der Waals surface area (Å²) >= 11 is 1.51. The summed E-state index contributed by atoms with van der Waals surface area (Å²) < 4.78 is 12.9. The fourth-order valence-corrected chi connectivity index (χ4v) is 2.42. The number of nitrogens with zero attached hydrogens (tertiary/aromatic N) is 1. The van der Waals surface area contributed by atoms with Crippen LogP contribution in [0.2, 0.25) is 0 Å². The van der Waals surface area contributed by atoms with Crippen LogP contribution in [0.3, 0.4) is 0 Å². The molecule has 0 atom stereocenters. The molecular weight excluding hydrogens is 251 g/mol. The summed E-state index contributed by atoms with van der Waals surface area (Å²) in [4.78, 5) is 9.38. The molecule has 2 rings (SSSR count). The van der Waals surface area contributed by atoms with Crippen LogP contribution < -0.4 is 5.48 Å². The van der Waals surface area contributed by atoms with Crippen molar-refractivity contribution in [2.45, 2.75) is 6.92 Å². The van der Waals surface area contributed by atoms with Crippen molar-refractivity contribution in [2.24, 2.45) is 0 Å². The average molecular weight is 265 g/mol. The summed E-state index contributed by atoms with van der Waals surface area (Å²) in [5, 5.41) is 0.954. The van der Waals surface area contributed by atoms with Crippen molar-refractivity contribution in [3.63, 3.8) is 0 Å². The molecule has 0 spiro atoms. The first-order chi connectivity index (χ1) is 8.76. The Bertz CT molecular complexity index is 548. The van der Waals surface area contributed by atoms with Gasteiger partial charge in [0.05, 0.1) is 12.6 Å². The van der Waals surface area contributed by atoms with E-state index in [2.05, 4.69) is 4.98 Å². The smallest absolute Gasteiger partial charge is 0.238 e. The average Bonchev–Trinajstić information content (AvgIpc) is 2.82. The minimum absolute atomic E-state index is 0.240. The van der Waals surface area contributed by atoms with Gasteiger partial charge in [-0.2, -0.15) is 5.48 Å². The molecule has 0 amide bonds. The van der Waals surface area contributed by atoms with Crippen LogP contribution in [0.4, 0.5) is 9.39 Å². The first kappa shape index (κ1) is 12.9. The molecule has 2 aromatic rings. The van der Waals surface area contributed by atoms with E-state index in [0.717, 1.165) is 21.8 Å². The number of hydrogen-bond acceptors (Lipinski definition) is 3. The van der Waals surface area contributed by atoms with Gasteiger partial charge in [0.15, 0.2) is 0 Å². The Morgan fingerprint density at radius 2 is 2.11 bits per heavy atom. The predicted octanol–water partition coefficient (Wildman–Crippen LogP) is 2.49. The van der Waals surface area contributed by atoms with E-state index in [-0.39, 0.29) is 5.82 Å². The fourth-order valence-electron chi connectivity index (χ4n) is 1.72.